The van der Waals surface area contributed by atoms with Crippen LogP contribution >= 0.6 is 0 Å². The summed E-state index contributed by atoms with van der Waals surface area (Å²) in [5.41, 5.74) is 0.920. The van der Waals surface area contributed by atoms with Crippen molar-refractivity contribution in [3.05, 3.63) is 24.3 Å². The molecule has 0 atom stereocenters. The number of carbonyl (C=O) groups excluding carboxylic acids is 1. The largest absolute Gasteiger partial charge is 0.491 e. The van der Waals surface area contributed by atoms with E-state index < -0.39 is 0 Å². The van der Waals surface area contributed by atoms with Crippen molar-refractivity contribution in [3.63, 3.8) is 0 Å². The monoisotopic (exact) mass is 304 g/mol. The number of hydrogen-bond acceptors (Lipinski definition) is 3. The normalized spacial score (nSPS) is 15.6. The Balaban J connectivity index is 1.85. The fourth-order valence-corrected chi connectivity index (χ4v) is 2.93. The van der Waals surface area contributed by atoms with Gasteiger partial charge in [-0.25, -0.2) is 0 Å². The molecule has 0 bridgehead atoms. The molecule has 0 saturated heterocycles. The zero-order valence-corrected chi connectivity index (χ0v) is 14.0. The second kappa shape index (κ2) is 8.06. The molecular weight excluding hydrogens is 276 g/mol. The van der Waals surface area contributed by atoms with Crippen LogP contribution in [0, 0.1) is 0 Å². The van der Waals surface area contributed by atoms with E-state index in [-0.39, 0.29) is 12.0 Å². The number of benzene rings is 1. The number of anilines is 1. The predicted octanol–water partition coefficient (Wildman–Crippen LogP) is 3.68. The van der Waals surface area contributed by atoms with Gasteiger partial charge in [0.2, 0.25) is 5.91 Å². The Kier molecular flexibility index (Phi) is 6.10. The molecule has 4 heteroatoms. The summed E-state index contributed by atoms with van der Waals surface area (Å²) in [6, 6.07) is 8.18. The van der Waals surface area contributed by atoms with Crippen LogP contribution in [0.25, 0.3) is 0 Å². The molecule has 1 aliphatic rings. The fourth-order valence-electron chi connectivity index (χ4n) is 2.93. The van der Waals surface area contributed by atoms with Gasteiger partial charge in [0.15, 0.2) is 0 Å². The Labute approximate surface area is 133 Å². The van der Waals surface area contributed by atoms with Crippen LogP contribution in [0.2, 0.25) is 0 Å². The molecule has 1 aliphatic carbocycles. The summed E-state index contributed by atoms with van der Waals surface area (Å²) in [7, 11) is 1.93. The summed E-state index contributed by atoms with van der Waals surface area (Å²) < 4.78 is 5.67. The van der Waals surface area contributed by atoms with Gasteiger partial charge >= 0.3 is 0 Å². The van der Waals surface area contributed by atoms with Crippen molar-refractivity contribution in [2.75, 3.05) is 18.9 Å². The first-order valence-electron chi connectivity index (χ1n) is 8.32. The number of ether oxygens (including phenoxy) is 1. The molecule has 1 aromatic carbocycles. The lowest BCUT2D eigenvalue weighted by Crippen LogP contribution is -2.41. The molecule has 1 aromatic rings. The predicted molar refractivity (Wildman–Crippen MR) is 90.3 cm³/mol. The second-order valence-electron chi connectivity index (χ2n) is 6.34. The zero-order valence-electron chi connectivity index (χ0n) is 14.0. The van der Waals surface area contributed by atoms with E-state index in [1.807, 2.05) is 50.1 Å². The van der Waals surface area contributed by atoms with Gasteiger partial charge in [0.1, 0.15) is 5.75 Å². The summed E-state index contributed by atoms with van der Waals surface area (Å²) in [4.78, 5) is 14.2. The number of nitrogens with one attached hydrogen (secondary N) is 1. The molecule has 1 saturated carbocycles. The van der Waals surface area contributed by atoms with Gasteiger partial charge in [-0.1, -0.05) is 25.3 Å². The van der Waals surface area contributed by atoms with Crippen LogP contribution in [0.15, 0.2) is 24.3 Å². The lowest BCUT2D eigenvalue weighted by molar-refractivity contribution is -0.130. The third-order valence-electron chi connectivity index (χ3n) is 4.17. The molecule has 1 N–H and O–H groups in total. The zero-order chi connectivity index (χ0) is 15.9. The van der Waals surface area contributed by atoms with Crippen LogP contribution in [0.3, 0.4) is 0 Å². The highest BCUT2D eigenvalue weighted by molar-refractivity contribution is 5.81. The second-order valence-corrected chi connectivity index (χ2v) is 6.34. The van der Waals surface area contributed by atoms with E-state index in [2.05, 4.69) is 5.32 Å². The van der Waals surface area contributed by atoms with E-state index >= 15 is 0 Å². The SMILES string of the molecule is CC(C)Oc1cccc(NCC(=O)N(C)C2CCCCC2)c1. The van der Waals surface area contributed by atoms with Crippen molar-refractivity contribution in [2.24, 2.45) is 0 Å². The van der Waals surface area contributed by atoms with Crippen molar-refractivity contribution < 1.29 is 9.53 Å². The Morgan fingerprint density at radius 3 is 2.73 bits per heavy atom. The highest BCUT2D eigenvalue weighted by Crippen LogP contribution is 2.22. The minimum absolute atomic E-state index is 0.148. The molecule has 0 radical (unpaired) electrons. The van der Waals surface area contributed by atoms with E-state index in [1.54, 1.807) is 0 Å². The number of amides is 1. The molecular formula is C18H28N2O2. The molecule has 2 rings (SSSR count). The standard InChI is InChI=1S/C18H28N2O2/c1-14(2)22-17-11-7-8-15(12-17)19-13-18(21)20(3)16-9-5-4-6-10-16/h7-8,11-12,14,16,19H,4-6,9-10,13H2,1-3H3. The number of likely N-dealkylation sites (N-methyl/N-ethyl adjacent to an activating group) is 1. The van der Waals surface area contributed by atoms with Crippen molar-refractivity contribution in [1.29, 1.82) is 0 Å². The fraction of sp³-hybridized carbons (Fsp3) is 0.611. The van der Waals surface area contributed by atoms with Crippen LogP contribution in [0.1, 0.15) is 46.0 Å². The van der Waals surface area contributed by atoms with Crippen molar-refractivity contribution in [2.45, 2.75) is 58.1 Å². The number of nitrogens with zero attached hydrogens (tertiary/aromatic N) is 1. The summed E-state index contributed by atoms with van der Waals surface area (Å²) >= 11 is 0. The molecule has 4 nitrogen and oxygen atoms in total. The van der Waals surface area contributed by atoms with Gasteiger partial charge in [0.25, 0.3) is 0 Å². The first kappa shape index (κ1) is 16.7. The Morgan fingerprint density at radius 1 is 1.32 bits per heavy atom. The average Bonchev–Trinajstić information content (AvgIpc) is 2.52. The van der Waals surface area contributed by atoms with Crippen LogP contribution in [0.5, 0.6) is 5.75 Å². The topological polar surface area (TPSA) is 41.6 Å². The van der Waals surface area contributed by atoms with Crippen LogP contribution in [-0.2, 0) is 4.79 Å². The number of rotatable bonds is 6. The quantitative estimate of drug-likeness (QED) is 0.871. The maximum Gasteiger partial charge on any atom is 0.241 e. The van der Waals surface area contributed by atoms with E-state index in [0.717, 1.165) is 24.3 Å². The molecule has 0 spiro atoms. The molecule has 0 aliphatic heterocycles. The van der Waals surface area contributed by atoms with Gasteiger partial charge < -0.3 is 15.0 Å². The molecule has 0 heterocycles. The molecule has 22 heavy (non-hydrogen) atoms. The van der Waals surface area contributed by atoms with Crippen molar-refractivity contribution >= 4 is 11.6 Å². The Bertz CT molecular complexity index is 482. The lowest BCUT2D eigenvalue weighted by atomic mass is 9.94. The average molecular weight is 304 g/mol. The van der Waals surface area contributed by atoms with Gasteiger partial charge in [-0.15, -0.1) is 0 Å². The summed E-state index contributed by atoms with van der Waals surface area (Å²) in [5.74, 6) is 0.982. The van der Waals surface area contributed by atoms with Gasteiger partial charge in [-0.05, 0) is 38.8 Å². The summed E-state index contributed by atoms with van der Waals surface area (Å²) in [5, 5.41) is 3.21. The minimum atomic E-state index is 0.148. The van der Waals surface area contributed by atoms with Crippen molar-refractivity contribution in [1.82, 2.24) is 4.90 Å². The lowest BCUT2D eigenvalue weighted by Gasteiger charge is -2.31. The van der Waals surface area contributed by atoms with E-state index in [9.17, 15) is 4.79 Å². The molecule has 1 fully saturated rings. The van der Waals surface area contributed by atoms with E-state index in [4.69, 9.17) is 4.74 Å². The third kappa shape index (κ3) is 4.93. The highest BCUT2D eigenvalue weighted by atomic mass is 16.5. The maximum absolute atomic E-state index is 12.3. The summed E-state index contributed by atoms with van der Waals surface area (Å²) in [6.45, 7) is 4.34. The smallest absolute Gasteiger partial charge is 0.241 e. The van der Waals surface area contributed by atoms with E-state index in [1.165, 1.54) is 19.3 Å². The first-order chi connectivity index (χ1) is 10.6. The Morgan fingerprint density at radius 2 is 2.05 bits per heavy atom. The minimum Gasteiger partial charge on any atom is -0.491 e. The van der Waals surface area contributed by atoms with Crippen LogP contribution in [-0.4, -0.2) is 36.5 Å². The molecule has 0 unspecified atom stereocenters. The van der Waals surface area contributed by atoms with Crippen molar-refractivity contribution in [3.8, 4) is 5.75 Å². The molecule has 122 valence electrons. The van der Waals surface area contributed by atoms with Gasteiger partial charge in [-0.2, -0.15) is 0 Å². The third-order valence-corrected chi connectivity index (χ3v) is 4.17. The van der Waals surface area contributed by atoms with Gasteiger partial charge in [-0.3, -0.25) is 4.79 Å². The number of hydrogen-bond donors (Lipinski definition) is 1. The highest BCUT2D eigenvalue weighted by Gasteiger charge is 2.21. The van der Waals surface area contributed by atoms with Crippen LogP contribution in [0.4, 0.5) is 5.69 Å². The van der Waals surface area contributed by atoms with Crippen LogP contribution < -0.4 is 10.1 Å². The first-order valence-corrected chi connectivity index (χ1v) is 8.32. The molecule has 1 amide bonds. The van der Waals surface area contributed by atoms with Gasteiger partial charge in [0.05, 0.1) is 12.6 Å². The maximum atomic E-state index is 12.3. The van der Waals surface area contributed by atoms with E-state index in [0.29, 0.717) is 12.6 Å². The molecule has 0 aromatic heterocycles. The summed E-state index contributed by atoms with van der Waals surface area (Å²) in [6.07, 6.45) is 6.21. The van der Waals surface area contributed by atoms with Gasteiger partial charge in [0, 0.05) is 24.8 Å². The number of carbonyl (C=O) groups is 1. The Hall–Kier alpha value is -1.71.